The largest absolute Gasteiger partial charge is 0.467 e. The molecule has 0 atom stereocenters. The number of halogens is 1. The molecule has 0 fully saturated rings. The molecule has 2 rings (SSSR count). The lowest BCUT2D eigenvalue weighted by Crippen LogP contribution is -2.48. The molecule has 7 nitrogen and oxygen atoms in total. The maximum absolute atomic E-state index is 12.8. The first-order valence-electron chi connectivity index (χ1n) is 7.32. The highest BCUT2D eigenvalue weighted by Gasteiger charge is 2.14. The molecule has 0 aliphatic heterocycles. The Balaban J connectivity index is 1.60. The number of carbonyl (C=O) groups is 3. The molecule has 0 unspecified atom stereocenters. The number of hydrogen-bond acceptors (Lipinski definition) is 5. The normalized spacial score (nSPS) is 10.1. The van der Waals surface area contributed by atoms with Crippen molar-refractivity contribution in [2.45, 2.75) is 17.9 Å². The highest BCUT2D eigenvalue weighted by Crippen LogP contribution is 2.18. The minimum atomic E-state index is -0.980. The third-order valence-corrected chi connectivity index (χ3v) is 3.95. The van der Waals surface area contributed by atoms with Crippen molar-refractivity contribution in [1.29, 1.82) is 0 Å². The van der Waals surface area contributed by atoms with E-state index in [4.69, 9.17) is 4.42 Å². The number of nitrogens with one attached hydrogen (secondary N) is 3. The first-order valence-corrected chi connectivity index (χ1v) is 8.31. The van der Waals surface area contributed by atoms with Gasteiger partial charge in [0.1, 0.15) is 11.6 Å². The van der Waals surface area contributed by atoms with Crippen molar-refractivity contribution in [2.24, 2.45) is 0 Å². The molecule has 3 N–H and O–H groups in total. The number of furan rings is 1. The van der Waals surface area contributed by atoms with E-state index >= 15 is 0 Å². The van der Waals surface area contributed by atoms with E-state index in [0.717, 1.165) is 4.90 Å². The molecule has 9 heteroatoms. The predicted octanol–water partition coefficient (Wildman–Crippen LogP) is 1.36. The van der Waals surface area contributed by atoms with Crippen molar-refractivity contribution >= 4 is 29.5 Å². The first-order chi connectivity index (χ1) is 12.0. The molecule has 3 amide bonds. The van der Waals surface area contributed by atoms with Crippen LogP contribution in [0.25, 0.3) is 0 Å². The molecule has 1 heterocycles. The Hall–Kier alpha value is -2.81. The quantitative estimate of drug-likeness (QED) is 0.408. The van der Waals surface area contributed by atoms with E-state index in [2.05, 4.69) is 10.7 Å². The molecule has 0 aliphatic carbocycles. The molecule has 0 radical (unpaired) electrons. The van der Waals surface area contributed by atoms with Gasteiger partial charge in [0.25, 0.3) is 0 Å². The van der Waals surface area contributed by atoms with Gasteiger partial charge in [0.2, 0.25) is 5.91 Å². The Bertz CT molecular complexity index is 719. The number of hydrazine groups is 1. The number of rotatable bonds is 6. The van der Waals surface area contributed by atoms with E-state index in [1.807, 2.05) is 5.43 Å². The summed E-state index contributed by atoms with van der Waals surface area (Å²) >= 11 is 1.37. The van der Waals surface area contributed by atoms with Crippen LogP contribution in [0.5, 0.6) is 0 Å². The van der Waals surface area contributed by atoms with Gasteiger partial charge in [-0.1, -0.05) is 0 Å². The second-order valence-corrected chi connectivity index (χ2v) is 5.99. The molecular formula is C16H16FN3O4S. The number of hydrogen-bond donors (Lipinski definition) is 3. The van der Waals surface area contributed by atoms with Crippen LogP contribution in [-0.2, 0) is 20.9 Å². The fourth-order valence-corrected chi connectivity index (χ4v) is 2.55. The van der Waals surface area contributed by atoms with Crippen molar-refractivity contribution < 1.29 is 23.2 Å². The monoisotopic (exact) mass is 365 g/mol. The highest BCUT2D eigenvalue weighted by molar-refractivity contribution is 7.99. The SMILES string of the molecule is O=C(CCSc1ccc(F)cc1)NNC(=O)C(=O)NCc1ccco1. The molecule has 0 aliphatic rings. The fraction of sp³-hybridized carbons (Fsp3) is 0.188. The molecule has 0 spiro atoms. The van der Waals surface area contributed by atoms with E-state index < -0.39 is 17.7 Å². The van der Waals surface area contributed by atoms with Crippen LogP contribution in [0.15, 0.2) is 52.0 Å². The lowest BCUT2D eigenvalue weighted by Gasteiger charge is -2.07. The van der Waals surface area contributed by atoms with Gasteiger partial charge in [-0.25, -0.2) is 4.39 Å². The van der Waals surface area contributed by atoms with Crippen molar-refractivity contribution in [3.8, 4) is 0 Å². The van der Waals surface area contributed by atoms with Gasteiger partial charge >= 0.3 is 11.8 Å². The molecule has 132 valence electrons. The van der Waals surface area contributed by atoms with Gasteiger partial charge in [0, 0.05) is 17.1 Å². The zero-order valence-corrected chi connectivity index (χ0v) is 13.9. The Morgan fingerprint density at radius 1 is 1.04 bits per heavy atom. The van der Waals surface area contributed by atoms with Crippen LogP contribution in [0, 0.1) is 5.82 Å². The van der Waals surface area contributed by atoms with Gasteiger partial charge < -0.3 is 9.73 Å². The second-order valence-electron chi connectivity index (χ2n) is 4.82. The summed E-state index contributed by atoms with van der Waals surface area (Å²) in [4.78, 5) is 35.5. The standard InChI is InChI=1S/C16H16FN3O4S/c17-11-3-5-13(6-4-11)25-9-7-14(21)19-20-16(23)15(22)18-10-12-2-1-8-24-12/h1-6,8H,7,9-10H2,(H,18,22)(H,19,21)(H,20,23). The van der Waals surface area contributed by atoms with Crippen LogP contribution in [0.1, 0.15) is 12.2 Å². The summed E-state index contributed by atoms with van der Waals surface area (Å²) in [6, 6.07) is 9.21. The van der Waals surface area contributed by atoms with Gasteiger partial charge in [-0.2, -0.15) is 0 Å². The molecule has 25 heavy (non-hydrogen) atoms. The molecule has 0 bridgehead atoms. The Morgan fingerprint density at radius 3 is 2.48 bits per heavy atom. The minimum Gasteiger partial charge on any atom is -0.467 e. The molecule has 0 saturated heterocycles. The van der Waals surface area contributed by atoms with E-state index in [1.54, 1.807) is 24.3 Å². The van der Waals surface area contributed by atoms with Gasteiger partial charge in [-0.05, 0) is 36.4 Å². The van der Waals surface area contributed by atoms with Crippen LogP contribution >= 0.6 is 11.8 Å². The summed E-state index contributed by atoms with van der Waals surface area (Å²) in [5, 5.41) is 2.35. The first kappa shape index (κ1) is 18.5. The zero-order chi connectivity index (χ0) is 18.1. The van der Waals surface area contributed by atoms with Crippen LogP contribution in [0.3, 0.4) is 0 Å². The topological polar surface area (TPSA) is 100 Å². The number of amides is 3. The number of carbonyl (C=O) groups excluding carboxylic acids is 3. The van der Waals surface area contributed by atoms with Crippen LogP contribution in [0.2, 0.25) is 0 Å². The molecular weight excluding hydrogens is 349 g/mol. The van der Waals surface area contributed by atoms with Crippen molar-refractivity contribution in [1.82, 2.24) is 16.2 Å². The number of benzene rings is 1. The summed E-state index contributed by atoms with van der Waals surface area (Å²) in [6.45, 7) is 0.0709. The van der Waals surface area contributed by atoms with Gasteiger partial charge in [-0.3, -0.25) is 25.2 Å². The summed E-state index contributed by atoms with van der Waals surface area (Å²) < 4.78 is 17.8. The Labute approximate surface area is 147 Å². The van der Waals surface area contributed by atoms with E-state index in [0.29, 0.717) is 11.5 Å². The van der Waals surface area contributed by atoms with Crippen molar-refractivity contribution in [2.75, 3.05) is 5.75 Å². The molecule has 2 aromatic rings. The van der Waals surface area contributed by atoms with Crippen molar-refractivity contribution in [3.05, 3.63) is 54.2 Å². The molecule has 0 saturated carbocycles. The van der Waals surface area contributed by atoms with Crippen LogP contribution in [0.4, 0.5) is 4.39 Å². The minimum absolute atomic E-state index is 0.0709. The maximum Gasteiger partial charge on any atom is 0.327 e. The lowest BCUT2D eigenvalue weighted by atomic mass is 10.4. The van der Waals surface area contributed by atoms with Gasteiger partial charge in [0.05, 0.1) is 12.8 Å². The zero-order valence-electron chi connectivity index (χ0n) is 13.1. The fourth-order valence-electron chi connectivity index (χ4n) is 1.70. The average molecular weight is 365 g/mol. The van der Waals surface area contributed by atoms with E-state index in [-0.39, 0.29) is 18.8 Å². The van der Waals surface area contributed by atoms with E-state index in [9.17, 15) is 18.8 Å². The van der Waals surface area contributed by atoms with Crippen molar-refractivity contribution in [3.63, 3.8) is 0 Å². The molecule has 1 aromatic carbocycles. The molecule has 1 aromatic heterocycles. The second kappa shape index (κ2) is 9.48. The maximum atomic E-state index is 12.8. The Morgan fingerprint density at radius 2 is 1.80 bits per heavy atom. The highest BCUT2D eigenvalue weighted by atomic mass is 32.2. The predicted molar refractivity (Wildman–Crippen MR) is 88.6 cm³/mol. The van der Waals surface area contributed by atoms with Crippen LogP contribution in [-0.4, -0.2) is 23.5 Å². The average Bonchev–Trinajstić information content (AvgIpc) is 3.13. The third kappa shape index (κ3) is 6.68. The summed E-state index contributed by atoms with van der Waals surface area (Å²) in [5.74, 6) is -1.69. The summed E-state index contributed by atoms with van der Waals surface area (Å²) in [7, 11) is 0. The number of thioether (sulfide) groups is 1. The van der Waals surface area contributed by atoms with E-state index in [1.165, 1.54) is 30.2 Å². The summed E-state index contributed by atoms with van der Waals surface area (Å²) in [6.07, 6.45) is 1.57. The third-order valence-electron chi connectivity index (χ3n) is 2.94. The Kier molecular flexibility index (Phi) is 7.02. The van der Waals surface area contributed by atoms with Crippen LogP contribution < -0.4 is 16.2 Å². The lowest BCUT2D eigenvalue weighted by molar-refractivity contribution is -0.141. The van der Waals surface area contributed by atoms with Gasteiger partial charge in [-0.15, -0.1) is 11.8 Å². The van der Waals surface area contributed by atoms with Gasteiger partial charge in [0.15, 0.2) is 0 Å². The summed E-state index contributed by atoms with van der Waals surface area (Å²) in [5.41, 5.74) is 4.18. The smallest absolute Gasteiger partial charge is 0.327 e.